The molecule has 8 N–H and O–H groups in total. The van der Waals surface area contributed by atoms with Crippen LogP contribution in [0.15, 0.2) is 91.4 Å². The van der Waals surface area contributed by atoms with Gasteiger partial charge in [-0.05, 0) is 57.3 Å². The molecule has 2 aromatic rings. The zero-order chi connectivity index (χ0) is 26.4. The molecule has 1 heterocycles. The van der Waals surface area contributed by atoms with E-state index in [1.165, 1.54) is 37.2 Å². The fourth-order valence-electron chi connectivity index (χ4n) is 4.30. The summed E-state index contributed by atoms with van der Waals surface area (Å²) in [6, 6.07) is 17.8. The Balaban J connectivity index is 0.000000202. The predicted octanol–water partition coefficient (Wildman–Crippen LogP) is 4.37. The molecule has 1 atom stereocenters. The van der Waals surface area contributed by atoms with Crippen LogP contribution >= 0.6 is 0 Å². The summed E-state index contributed by atoms with van der Waals surface area (Å²) in [5.74, 6) is 4.86. The van der Waals surface area contributed by atoms with E-state index in [-0.39, 0.29) is 11.4 Å². The summed E-state index contributed by atoms with van der Waals surface area (Å²) in [6.45, 7) is 9.72. The maximum Gasteiger partial charge on any atom is 0.128 e. The summed E-state index contributed by atoms with van der Waals surface area (Å²) in [5, 5.41) is 3.44. The molecule has 0 amide bonds. The van der Waals surface area contributed by atoms with Crippen molar-refractivity contribution in [2.24, 2.45) is 17.3 Å². The fourth-order valence-corrected chi connectivity index (χ4v) is 4.30. The zero-order valence-electron chi connectivity index (χ0n) is 21.6. The van der Waals surface area contributed by atoms with Crippen molar-refractivity contribution in [1.82, 2.24) is 15.6 Å². The van der Waals surface area contributed by atoms with Gasteiger partial charge in [-0.15, -0.1) is 6.58 Å². The van der Waals surface area contributed by atoms with Crippen molar-refractivity contribution in [2.75, 3.05) is 13.6 Å². The monoisotopic (exact) mass is 494 g/mol. The molecule has 1 unspecified atom stereocenters. The molecule has 0 radical (unpaired) electrons. The summed E-state index contributed by atoms with van der Waals surface area (Å²) in [4.78, 5) is 2.38. The predicted molar refractivity (Wildman–Crippen MR) is 149 cm³/mol. The van der Waals surface area contributed by atoms with Crippen molar-refractivity contribution < 1.29 is 4.39 Å². The van der Waals surface area contributed by atoms with Gasteiger partial charge in [-0.1, -0.05) is 61.2 Å². The molecule has 7 heteroatoms. The maximum absolute atomic E-state index is 13.2. The Hall–Kier alpha value is -3.13. The van der Waals surface area contributed by atoms with Crippen LogP contribution in [0, 0.1) is 5.82 Å². The summed E-state index contributed by atoms with van der Waals surface area (Å²) in [6.07, 6.45) is 9.28. The topological polar surface area (TPSA) is 105 Å². The molecule has 0 bridgehead atoms. The van der Waals surface area contributed by atoms with E-state index >= 15 is 0 Å². The quantitative estimate of drug-likeness (QED) is 0.212. The lowest BCUT2D eigenvalue weighted by Gasteiger charge is -2.38. The van der Waals surface area contributed by atoms with Gasteiger partial charge in [0.2, 0.25) is 0 Å². The van der Waals surface area contributed by atoms with Gasteiger partial charge in [0.25, 0.3) is 0 Å². The van der Waals surface area contributed by atoms with Crippen molar-refractivity contribution in [2.45, 2.75) is 56.7 Å². The second kappa shape index (κ2) is 15.1. The van der Waals surface area contributed by atoms with Crippen LogP contribution in [-0.4, -0.2) is 24.5 Å². The number of hydrazine groups is 1. The molecule has 196 valence electrons. The number of halogens is 1. The molecule has 0 aromatic heterocycles. The Morgan fingerprint density at radius 1 is 1.14 bits per heavy atom. The fraction of sp³-hybridized carbons (Fsp3) is 0.379. The largest absolute Gasteiger partial charge is 0.403 e. The van der Waals surface area contributed by atoms with Crippen molar-refractivity contribution in [3.63, 3.8) is 0 Å². The van der Waals surface area contributed by atoms with E-state index in [1.54, 1.807) is 18.2 Å². The molecule has 2 aliphatic rings. The lowest BCUT2D eigenvalue weighted by Crippen LogP contribution is -2.43. The van der Waals surface area contributed by atoms with Crippen LogP contribution in [-0.2, 0) is 12.1 Å². The van der Waals surface area contributed by atoms with E-state index in [4.69, 9.17) is 17.3 Å². The zero-order valence-corrected chi connectivity index (χ0v) is 21.6. The van der Waals surface area contributed by atoms with E-state index in [1.807, 2.05) is 12.1 Å². The summed E-state index contributed by atoms with van der Waals surface area (Å²) >= 11 is 0. The van der Waals surface area contributed by atoms with Crippen LogP contribution < -0.4 is 28.1 Å². The third kappa shape index (κ3) is 8.82. The van der Waals surface area contributed by atoms with Gasteiger partial charge in [-0.25, -0.2) is 4.39 Å². The van der Waals surface area contributed by atoms with Crippen molar-refractivity contribution in [3.05, 3.63) is 108 Å². The Morgan fingerprint density at radius 2 is 1.81 bits per heavy atom. The highest BCUT2D eigenvalue weighted by molar-refractivity contribution is 5.27. The first-order valence-corrected chi connectivity index (χ1v) is 12.5. The number of allylic oxidation sites excluding steroid dienone is 1. The minimum Gasteiger partial charge on any atom is -0.403 e. The number of likely N-dealkylation sites (N-methyl/N-ethyl adjacent to an activating group) is 1. The smallest absolute Gasteiger partial charge is 0.128 e. The highest BCUT2D eigenvalue weighted by Gasteiger charge is 2.36. The average molecular weight is 495 g/mol. The van der Waals surface area contributed by atoms with Crippen LogP contribution in [0.4, 0.5) is 4.39 Å². The van der Waals surface area contributed by atoms with Crippen molar-refractivity contribution in [3.8, 4) is 0 Å². The van der Waals surface area contributed by atoms with Gasteiger partial charge in [-0.2, -0.15) is 0 Å². The number of benzene rings is 2. The molecule has 0 spiro atoms. The van der Waals surface area contributed by atoms with Crippen LogP contribution in [0.25, 0.3) is 0 Å². The van der Waals surface area contributed by atoms with Crippen molar-refractivity contribution >= 4 is 0 Å². The second-order valence-electron chi connectivity index (χ2n) is 9.32. The first-order valence-electron chi connectivity index (χ1n) is 12.5. The minimum absolute atomic E-state index is 0.167. The highest BCUT2D eigenvalue weighted by Crippen LogP contribution is 2.39. The van der Waals surface area contributed by atoms with Crippen LogP contribution in [0.2, 0.25) is 0 Å². The maximum atomic E-state index is 13.2. The van der Waals surface area contributed by atoms with E-state index in [2.05, 4.69) is 60.1 Å². The van der Waals surface area contributed by atoms with Crippen LogP contribution in [0.3, 0.4) is 0 Å². The number of rotatable bonds is 8. The summed E-state index contributed by atoms with van der Waals surface area (Å²) in [5.41, 5.74) is 17.1. The van der Waals surface area contributed by atoms with E-state index in [0.29, 0.717) is 18.0 Å². The minimum atomic E-state index is -0.370. The van der Waals surface area contributed by atoms with Crippen molar-refractivity contribution in [1.29, 1.82) is 0 Å². The van der Waals surface area contributed by atoms with Gasteiger partial charge in [-0.3, -0.25) is 10.7 Å². The number of nitrogens with one attached hydrogen (secondary N) is 2. The molecule has 4 rings (SSSR count). The normalized spacial score (nSPS) is 18.4. The Kier molecular flexibility index (Phi) is 12.2. The molecule has 1 aliphatic heterocycles. The first-order chi connectivity index (χ1) is 17.3. The van der Waals surface area contributed by atoms with E-state index < -0.39 is 0 Å². The third-order valence-electron chi connectivity index (χ3n) is 6.69. The standard InChI is InChI=1S/C14H20N2.C10H12FN.C5H11N3/c1-12(14-9-6-10-16(14)2)15-11-13-7-4-3-5-8-13;11-9-5-2-1-4-8(9)10(12)6-3-7-10;1-2-3-5(4-6)8-7/h3-5,7-8,14-15H,1,6,9-11H2,2H3;1-2,4-5H,3,6-7,12H2;2,4,8H,1,3,6-7H2/b;;5-4-. The molecule has 2 fully saturated rings. The molecule has 1 aliphatic carbocycles. The molecular weight excluding hydrogens is 451 g/mol. The third-order valence-corrected chi connectivity index (χ3v) is 6.69. The van der Waals surface area contributed by atoms with Gasteiger partial charge in [0, 0.05) is 47.7 Å². The highest BCUT2D eigenvalue weighted by atomic mass is 19.1. The Labute approximate surface area is 216 Å². The van der Waals surface area contributed by atoms with Gasteiger partial charge in [0.05, 0.1) is 0 Å². The lowest BCUT2D eigenvalue weighted by molar-refractivity contribution is 0.245. The van der Waals surface area contributed by atoms with Gasteiger partial charge in [0.1, 0.15) is 5.82 Å². The Bertz CT molecular complexity index is 971. The summed E-state index contributed by atoms with van der Waals surface area (Å²) in [7, 11) is 2.17. The molecule has 1 saturated heterocycles. The van der Waals surface area contributed by atoms with Gasteiger partial charge < -0.3 is 22.2 Å². The molecule has 1 saturated carbocycles. The van der Waals surface area contributed by atoms with Gasteiger partial charge >= 0.3 is 0 Å². The number of likely N-dealkylation sites (tertiary alicyclic amines) is 1. The molecule has 2 aromatic carbocycles. The lowest BCUT2D eigenvalue weighted by atomic mass is 9.72. The van der Waals surface area contributed by atoms with Gasteiger partial charge in [0.15, 0.2) is 0 Å². The SMILES string of the molecule is C=C(NCc1ccccc1)C1CCCN1C.C=CC/C(=C/N)NN.NC1(c2ccccc2F)CCC1. The summed E-state index contributed by atoms with van der Waals surface area (Å²) < 4.78 is 13.2. The molecule has 6 nitrogen and oxygen atoms in total. The average Bonchev–Trinajstić information content (AvgIpc) is 3.32. The molecule has 36 heavy (non-hydrogen) atoms. The Morgan fingerprint density at radius 3 is 2.28 bits per heavy atom. The molecular formula is C29H43FN6. The first kappa shape index (κ1) is 29.1. The van der Waals surface area contributed by atoms with E-state index in [9.17, 15) is 4.39 Å². The van der Waals surface area contributed by atoms with Crippen LogP contribution in [0.1, 0.15) is 49.7 Å². The number of hydrogen-bond acceptors (Lipinski definition) is 6. The number of nitrogens with two attached hydrogens (primary N) is 3. The van der Waals surface area contributed by atoms with E-state index in [0.717, 1.165) is 37.2 Å². The number of hydrogen-bond donors (Lipinski definition) is 5. The van der Waals surface area contributed by atoms with Crippen LogP contribution in [0.5, 0.6) is 0 Å². The number of nitrogens with zero attached hydrogens (tertiary/aromatic N) is 1. The second-order valence-corrected chi connectivity index (χ2v) is 9.32.